The first-order valence-corrected chi connectivity index (χ1v) is 3.36. The normalized spacial score (nSPS) is 12.6. The number of hydrogen-bond acceptors (Lipinski definition) is 2. The van der Waals surface area contributed by atoms with Crippen LogP contribution >= 0.6 is 0 Å². The van der Waals surface area contributed by atoms with Crippen molar-refractivity contribution in [3.8, 4) is 0 Å². The Bertz CT molecular complexity index is 118. The zero-order chi connectivity index (χ0) is 7.98. The Balaban J connectivity index is 3.46. The summed E-state index contributed by atoms with van der Waals surface area (Å²) in [6.07, 6.45) is 2.59. The van der Waals surface area contributed by atoms with Crippen LogP contribution in [0.15, 0.2) is 12.7 Å². The predicted octanol–water partition coefficient (Wildman–Crippen LogP) is 1.56. The molecule has 0 aromatic carbocycles. The van der Waals surface area contributed by atoms with E-state index in [1.165, 1.54) is 0 Å². The molecular weight excluding hydrogens is 128 g/mol. The van der Waals surface area contributed by atoms with Crippen molar-refractivity contribution in [1.29, 1.82) is 0 Å². The van der Waals surface area contributed by atoms with Crippen LogP contribution in [-0.2, 0) is 9.53 Å². The lowest BCUT2D eigenvalue weighted by molar-refractivity contribution is -0.120. The fourth-order valence-electron chi connectivity index (χ4n) is 0.648. The minimum absolute atomic E-state index is 0.0347. The summed E-state index contributed by atoms with van der Waals surface area (Å²) >= 11 is 0. The lowest BCUT2D eigenvalue weighted by Crippen LogP contribution is -2.11. The van der Waals surface area contributed by atoms with Crippen LogP contribution in [0.3, 0.4) is 0 Å². The molecule has 0 aliphatic heterocycles. The van der Waals surface area contributed by atoms with Crippen LogP contribution < -0.4 is 0 Å². The van der Waals surface area contributed by atoms with Gasteiger partial charge in [-0.1, -0.05) is 6.08 Å². The lowest BCUT2D eigenvalue weighted by atomic mass is 10.1. The molecule has 1 atom stereocenters. The summed E-state index contributed by atoms with van der Waals surface area (Å²) in [4.78, 5) is 10.9. The molecule has 0 aliphatic rings. The number of Topliss-reactive ketones (excluding diaryl/α,β-unsaturated/α-hetero) is 1. The van der Waals surface area contributed by atoms with Gasteiger partial charge in [0.25, 0.3) is 0 Å². The second kappa shape index (κ2) is 5.18. The van der Waals surface area contributed by atoms with Crippen molar-refractivity contribution < 1.29 is 9.53 Å². The van der Waals surface area contributed by atoms with Crippen LogP contribution in [-0.4, -0.2) is 19.0 Å². The summed E-state index contributed by atoms with van der Waals surface area (Å²) in [7, 11) is 1.60. The molecule has 58 valence electrons. The van der Waals surface area contributed by atoms with E-state index in [1.807, 2.05) is 6.92 Å². The molecular formula is C8H14O2. The van der Waals surface area contributed by atoms with Crippen molar-refractivity contribution in [3.05, 3.63) is 12.7 Å². The van der Waals surface area contributed by atoms with E-state index >= 15 is 0 Å². The third-order valence-electron chi connectivity index (χ3n) is 1.29. The van der Waals surface area contributed by atoms with E-state index in [0.717, 1.165) is 0 Å². The quantitative estimate of drug-likeness (QED) is 0.544. The molecule has 0 rings (SSSR count). The van der Waals surface area contributed by atoms with Gasteiger partial charge in [0.15, 0.2) is 0 Å². The largest absolute Gasteiger partial charge is 0.381 e. The minimum Gasteiger partial charge on any atom is -0.381 e. The molecule has 10 heavy (non-hydrogen) atoms. The summed E-state index contributed by atoms with van der Waals surface area (Å²) < 4.78 is 4.91. The third-order valence-corrected chi connectivity index (χ3v) is 1.29. The number of carbonyl (C=O) groups is 1. The monoisotopic (exact) mass is 142 g/mol. The topological polar surface area (TPSA) is 26.3 Å². The molecule has 0 spiro atoms. The summed E-state index contributed by atoms with van der Waals surface area (Å²) in [5, 5.41) is 0. The average Bonchev–Trinajstić information content (AvgIpc) is 1.88. The molecule has 0 heterocycles. The van der Waals surface area contributed by atoms with Gasteiger partial charge < -0.3 is 4.74 Å². The first-order chi connectivity index (χ1) is 4.70. The standard InChI is InChI=1S/C8H14O2/c1-4-5-8(9)6-7(2)10-3/h4,7H,1,5-6H2,2-3H3. The van der Waals surface area contributed by atoms with Gasteiger partial charge in [-0.05, 0) is 6.92 Å². The number of ether oxygens (including phenoxy) is 1. The van der Waals surface area contributed by atoms with Gasteiger partial charge in [-0.15, -0.1) is 6.58 Å². The van der Waals surface area contributed by atoms with Gasteiger partial charge in [0.1, 0.15) is 5.78 Å². The van der Waals surface area contributed by atoms with Gasteiger partial charge >= 0.3 is 0 Å². The molecule has 0 aromatic heterocycles. The van der Waals surface area contributed by atoms with E-state index in [9.17, 15) is 4.79 Å². The summed E-state index contributed by atoms with van der Waals surface area (Å²) in [5.74, 6) is 0.185. The summed E-state index contributed by atoms with van der Waals surface area (Å²) in [6, 6.07) is 0. The number of methoxy groups -OCH3 is 1. The Morgan fingerprint density at radius 3 is 2.80 bits per heavy atom. The number of allylic oxidation sites excluding steroid dienone is 1. The van der Waals surface area contributed by atoms with Crippen LogP contribution in [0.4, 0.5) is 0 Å². The van der Waals surface area contributed by atoms with Crippen LogP contribution in [0.2, 0.25) is 0 Å². The van der Waals surface area contributed by atoms with E-state index in [2.05, 4.69) is 6.58 Å². The molecule has 0 N–H and O–H groups in total. The zero-order valence-electron chi connectivity index (χ0n) is 6.59. The Morgan fingerprint density at radius 2 is 2.40 bits per heavy atom. The first-order valence-electron chi connectivity index (χ1n) is 3.36. The number of carbonyl (C=O) groups excluding carboxylic acids is 1. The van der Waals surface area contributed by atoms with Crippen molar-refractivity contribution in [2.45, 2.75) is 25.9 Å². The lowest BCUT2D eigenvalue weighted by Gasteiger charge is -2.05. The van der Waals surface area contributed by atoms with E-state index in [4.69, 9.17) is 4.74 Å². The maximum atomic E-state index is 10.9. The Kier molecular flexibility index (Phi) is 4.85. The molecule has 0 aliphatic carbocycles. The molecule has 0 fully saturated rings. The van der Waals surface area contributed by atoms with E-state index in [-0.39, 0.29) is 11.9 Å². The minimum atomic E-state index is 0.0347. The Hall–Kier alpha value is -0.630. The Morgan fingerprint density at radius 1 is 1.80 bits per heavy atom. The van der Waals surface area contributed by atoms with E-state index in [1.54, 1.807) is 13.2 Å². The highest BCUT2D eigenvalue weighted by Gasteiger charge is 2.04. The highest BCUT2D eigenvalue weighted by molar-refractivity contribution is 5.80. The van der Waals surface area contributed by atoms with Gasteiger partial charge in [-0.25, -0.2) is 0 Å². The molecule has 0 radical (unpaired) electrons. The van der Waals surface area contributed by atoms with Crippen molar-refractivity contribution in [3.63, 3.8) is 0 Å². The maximum absolute atomic E-state index is 10.9. The summed E-state index contributed by atoms with van der Waals surface area (Å²) in [6.45, 7) is 5.35. The molecule has 0 saturated carbocycles. The van der Waals surface area contributed by atoms with Crippen LogP contribution in [0.25, 0.3) is 0 Å². The van der Waals surface area contributed by atoms with Gasteiger partial charge in [-0.3, -0.25) is 4.79 Å². The van der Waals surface area contributed by atoms with Crippen molar-refractivity contribution in [2.24, 2.45) is 0 Å². The van der Waals surface area contributed by atoms with Crippen LogP contribution in [0.5, 0.6) is 0 Å². The van der Waals surface area contributed by atoms with E-state index in [0.29, 0.717) is 12.8 Å². The van der Waals surface area contributed by atoms with Crippen LogP contribution in [0, 0.1) is 0 Å². The zero-order valence-corrected chi connectivity index (χ0v) is 6.59. The van der Waals surface area contributed by atoms with Crippen molar-refractivity contribution in [2.75, 3.05) is 7.11 Å². The van der Waals surface area contributed by atoms with Gasteiger partial charge in [0.05, 0.1) is 6.10 Å². The second-order valence-electron chi connectivity index (χ2n) is 2.28. The van der Waals surface area contributed by atoms with Crippen LogP contribution in [0.1, 0.15) is 19.8 Å². The number of rotatable bonds is 5. The summed E-state index contributed by atoms with van der Waals surface area (Å²) in [5.41, 5.74) is 0. The fraction of sp³-hybridized carbons (Fsp3) is 0.625. The molecule has 1 unspecified atom stereocenters. The molecule has 2 nitrogen and oxygen atoms in total. The molecule has 0 aromatic rings. The molecule has 2 heteroatoms. The smallest absolute Gasteiger partial charge is 0.139 e. The second-order valence-corrected chi connectivity index (χ2v) is 2.28. The maximum Gasteiger partial charge on any atom is 0.139 e. The average molecular weight is 142 g/mol. The van der Waals surface area contributed by atoms with Crippen molar-refractivity contribution in [1.82, 2.24) is 0 Å². The number of ketones is 1. The third kappa shape index (κ3) is 4.27. The molecule has 0 amide bonds. The highest BCUT2D eigenvalue weighted by Crippen LogP contribution is 1.98. The highest BCUT2D eigenvalue weighted by atomic mass is 16.5. The van der Waals surface area contributed by atoms with Gasteiger partial charge in [0.2, 0.25) is 0 Å². The van der Waals surface area contributed by atoms with Gasteiger partial charge in [-0.2, -0.15) is 0 Å². The van der Waals surface area contributed by atoms with Crippen molar-refractivity contribution >= 4 is 5.78 Å². The predicted molar refractivity (Wildman–Crippen MR) is 40.9 cm³/mol. The fourth-order valence-corrected chi connectivity index (χ4v) is 0.648. The molecule has 0 saturated heterocycles. The molecule has 0 bridgehead atoms. The number of hydrogen-bond donors (Lipinski definition) is 0. The van der Waals surface area contributed by atoms with E-state index < -0.39 is 0 Å². The SMILES string of the molecule is C=CCC(=O)CC(C)OC. The first kappa shape index (κ1) is 9.37. The Labute approximate surface area is 61.9 Å². The van der Waals surface area contributed by atoms with Gasteiger partial charge in [0, 0.05) is 20.0 Å².